The Labute approximate surface area is 195 Å². The van der Waals surface area contributed by atoms with Crippen LogP contribution in [0.25, 0.3) is 0 Å². The molecule has 0 unspecified atom stereocenters. The van der Waals surface area contributed by atoms with Crippen LogP contribution in [0.2, 0.25) is 0 Å². The number of hydrogen-bond acceptors (Lipinski definition) is 6. The van der Waals surface area contributed by atoms with Gasteiger partial charge in [0.25, 0.3) is 5.91 Å². The summed E-state index contributed by atoms with van der Waals surface area (Å²) in [7, 11) is 0. The summed E-state index contributed by atoms with van der Waals surface area (Å²) < 4.78 is 5.40. The molecule has 2 aliphatic heterocycles. The van der Waals surface area contributed by atoms with Crippen LogP contribution in [0.5, 0.6) is 0 Å². The molecule has 8 nitrogen and oxygen atoms in total. The van der Waals surface area contributed by atoms with E-state index in [1.165, 1.54) is 0 Å². The van der Waals surface area contributed by atoms with Crippen molar-refractivity contribution in [1.29, 1.82) is 0 Å². The maximum absolute atomic E-state index is 13.0. The van der Waals surface area contributed by atoms with E-state index in [0.29, 0.717) is 24.7 Å². The van der Waals surface area contributed by atoms with E-state index in [4.69, 9.17) is 4.74 Å². The van der Waals surface area contributed by atoms with Crippen molar-refractivity contribution in [3.05, 3.63) is 47.3 Å². The molecule has 4 rings (SSSR count). The number of nitrogens with one attached hydrogen (secondary N) is 2. The molecule has 1 fully saturated rings. The fourth-order valence-corrected chi connectivity index (χ4v) is 5.02. The zero-order valence-electron chi connectivity index (χ0n) is 19.8. The summed E-state index contributed by atoms with van der Waals surface area (Å²) in [6, 6.07) is 7.48. The predicted molar refractivity (Wildman–Crippen MR) is 127 cm³/mol. The summed E-state index contributed by atoms with van der Waals surface area (Å²) in [5.41, 5.74) is 3.20. The van der Waals surface area contributed by atoms with E-state index in [2.05, 4.69) is 34.4 Å². The van der Waals surface area contributed by atoms with E-state index < -0.39 is 0 Å². The van der Waals surface area contributed by atoms with Gasteiger partial charge < -0.3 is 20.3 Å². The number of anilines is 2. The van der Waals surface area contributed by atoms with E-state index in [1.807, 2.05) is 36.1 Å². The largest absolute Gasteiger partial charge is 0.381 e. The number of hydrogen-bond donors (Lipinski definition) is 2. The van der Waals surface area contributed by atoms with E-state index in [9.17, 15) is 9.59 Å². The molecule has 2 N–H and O–H groups in total. The molecule has 0 aliphatic carbocycles. The first-order valence-electron chi connectivity index (χ1n) is 11.8. The highest BCUT2D eigenvalue weighted by atomic mass is 16.5. The molecule has 3 atom stereocenters. The van der Waals surface area contributed by atoms with Gasteiger partial charge in [-0.1, -0.05) is 13.8 Å². The average Bonchev–Trinajstić information content (AvgIpc) is 2.80. The fourth-order valence-electron chi connectivity index (χ4n) is 5.02. The Bertz CT molecular complexity index is 1020. The maximum atomic E-state index is 13.0. The second kappa shape index (κ2) is 9.87. The highest BCUT2D eigenvalue weighted by Crippen LogP contribution is 2.43. The van der Waals surface area contributed by atoms with Gasteiger partial charge >= 0.3 is 0 Å². The van der Waals surface area contributed by atoms with Crippen LogP contribution in [0.15, 0.2) is 30.5 Å². The van der Waals surface area contributed by atoms with Crippen LogP contribution in [0.3, 0.4) is 0 Å². The summed E-state index contributed by atoms with van der Waals surface area (Å²) in [5.74, 6) is 0.528. The molecule has 3 heterocycles. The molecule has 1 saturated heterocycles. The molecule has 2 aromatic rings. The zero-order chi connectivity index (χ0) is 23.5. The lowest BCUT2D eigenvalue weighted by atomic mass is 9.80. The summed E-state index contributed by atoms with van der Waals surface area (Å²) >= 11 is 0. The molecule has 1 aromatic heterocycles. The Morgan fingerprint density at radius 2 is 1.97 bits per heavy atom. The third-order valence-corrected chi connectivity index (χ3v) is 6.74. The molecular formula is C25H33N5O3. The number of rotatable bonds is 5. The second-order valence-corrected chi connectivity index (χ2v) is 9.00. The minimum Gasteiger partial charge on any atom is -0.381 e. The fraction of sp³-hybridized carbons (Fsp3) is 0.520. The molecule has 1 aromatic carbocycles. The summed E-state index contributed by atoms with van der Waals surface area (Å²) in [6.07, 6.45) is 4.19. The molecule has 176 valence electrons. The quantitative estimate of drug-likeness (QED) is 0.721. The number of fused-ring (bicyclic) bond motifs is 1. The highest BCUT2D eigenvalue weighted by Gasteiger charge is 2.40. The van der Waals surface area contributed by atoms with Crippen LogP contribution < -0.4 is 15.5 Å². The first-order valence-corrected chi connectivity index (χ1v) is 11.8. The Hall–Kier alpha value is -3.00. The van der Waals surface area contributed by atoms with Gasteiger partial charge in [-0.05, 0) is 56.0 Å². The summed E-state index contributed by atoms with van der Waals surface area (Å²) in [4.78, 5) is 36.5. The topological polar surface area (TPSA) is 96.4 Å². The molecule has 0 radical (unpaired) electrons. The standard InChI is InChI=1S/C25H33N5O3/c1-5-21-16(3)23(29-25-26-11-8-15(2)27-25)20-14-18(6-7-22(20)30(21)17(4)31)24(32)28-19-9-12-33-13-10-19/h6-8,11,14,16,19,21,23H,5,9-10,12-13H2,1-4H3,(H,28,32)(H,26,27,29)/t16-,21-,23+/m0/s1. The third kappa shape index (κ3) is 4.85. The van der Waals surface area contributed by atoms with Crippen LogP contribution in [0, 0.1) is 12.8 Å². The Balaban J connectivity index is 1.71. The van der Waals surface area contributed by atoms with E-state index in [1.54, 1.807) is 13.1 Å². The molecular weight excluding hydrogens is 418 g/mol. The predicted octanol–water partition coefficient (Wildman–Crippen LogP) is 3.63. The first-order chi connectivity index (χ1) is 15.9. The number of amides is 2. The molecule has 2 aliphatic rings. The van der Waals surface area contributed by atoms with Crippen molar-refractivity contribution in [1.82, 2.24) is 15.3 Å². The SMILES string of the molecule is CC[C@H]1[C@H](C)[C@@H](Nc2nccc(C)n2)c2cc(C(=O)NC3CCOCC3)ccc2N1C(C)=O. The molecule has 8 heteroatoms. The Kier molecular flexibility index (Phi) is 6.93. The van der Waals surface area contributed by atoms with Crippen molar-refractivity contribution >= 4 is 23.5 Å². The number of aryl methyl sites for hydroxylation is 1. The minimum atomic E-state index is -0.141. The van der Waals surface area contributed by atoms with Crippen molar-refractivity contribution in [3.8, 4) is 0 Å². The number of nitrogens with zero attached hydrogens (tertiary/aromatic N) is 3. The van der Waals surface area contributed by atoms with Crippen molar-refractivity contribution in [3.63, 3.8) is 0 Å². The smallest absolute Gasteiger partial charge is 0.251 e. The number of ether oxygens (including phenoxy) is 1. The first kappa shape index (κ1) is 23.2. The van der Waals surface area contributed by atoms with Gasteiger partial charge in [-0.3, -0.25) is 9.59 Å². The summed E-state index contributed by atoms with van der Waals surface area (Å²) in [5, 5.41) is 6.63. The Morgan fingerprint density at radius 1 is 1.21 bits per heavy atom. The normalized spacial score (nSPS) is 23.0. The van der Waals surface area contributed by atoms with Gasteiger partial charge in [0, 0.05) is 61.3 Å². The van der Waals surface area contributed by atoms with Gasteiger partial charge in [0.1, 0.15) is 0 Å². The van der Waals surface area contributed by atoms with Gasteiger partial charge in [0.2, 0.25) is 11.9 Å². The van der Waals surface area contributed by atoms with Crippen LogP contribution in [0.4, 0.5) is 11.6 Å². The Morgan fingerprint density at radius 3 is 2.64 bits per heavy atom. The van der Waals surface area contributed by atoms with Crippen molar-refractivity contribution < 1.29 is 14.3 Å². The number of aromatic nitrogens is 2. The number of carbonyl (C=O) groups excluding carboxylic acids is 2. The lowest BCUT2D eigenvalue weighted by Crippen LogP contribution is -2.50. The van der Waals surface area contributed by atoms with Crippen molar-refractivity contribution in [2.75, 3.05) is 23.4 Å². The van der Waals surface area contributed by atoms with Gasteiger partial charge in [0.05, 0.1) is 6.04 Å². The van der Waals surface area contributed by atoms with Gasteiger partial charge in [-0.15, -0.1) is 0 Å². The monoisotopic (exact) mass is 451 g/mol. The third-order valence-electron chi connectivity index (χ3n) is 6.74. The second-order valence-electron chi connectivity index (χ2n) is 9.00. The minimum absolute atomic E-state index is 0.000359. The highest BCUT2D eigenvalue weighted by molar-refractivity contribution is 5.98. The lowest BCUT2D eigenvalue weighted by Gasteiger charge is -2.45. The van der Waals surface area contributed by atoms with Crippen molar-refractivity contribution in [2.45, 2.75) is 65.1 Å². The molecule has 33 heavy (non-hydrogen) atoms. The van der Waals surface area contributed by atoms with Crippen LogP contribution in [-0.4, -0.2) is 47.1 Å². The molecule has 0 spiro atoms. The van der Waals surface area contributed by atoms with Crippen LogP contribution in [-0.2, 0) is 9.53 Å². The zero-order valence-corrected chi connectivity index (χ0v) is 19.8. The lowest BCUT2D eigenvalue weighted by molar-refractivity contribution is -0.117. The average molecular weight is 452 g/mol. The van der Waals surface area contributed by atoms with E-state index >= 15 is 0 Å². The molecule has 2 amide bonds. The van der Waals surface area contributed by atoms with Gasteiger partial charge in [0.15, 0.2) is 0 Å². The molecule has 0 saturated carbocycles. The van der Waals surface area contributed by atoms with Crippen molar-refractivity contribution in [2.24, 2.45) is 5.92 Å². The number of carbonyl (C=O) groups is 2. The molecule has 0 bridgehead atoms. The number of benzene rings is 1. The maximum Gasteiger partial charge on any atom is 0.251 e. The van der Waals surface area contributed by atoms with Crippen LogP contribution in [0.1, 0.15) is 67.7 Å². The van der Waals surface area contributed by atoms with Gasteiger partial charge in [-0.25, -0.2) is 9.97 Å². The summed E-state index contributed by atoms with van der Waals surface area (Å²) in [6.45, 7) is 9.09. The van der Waals surface area contributed by atoms with Crippen LogP contribution >= 0.6 is 0 Å². The van der Waals surface area contributed by atoms with E-state index in [0.717, 1.165) is 36.2 Å². The van der Waals surface area contributed by atoms with E-state index in [-0.39, 0.29) is 35.9 Å². The van der Waals surface area contributed by atoms with Gasteiger partial charge in [-0.2, -0.15) is 0 Å².